The van der Waals surface area contributed by atoms with Crippen molar-refractivity contribution >= 4 is 10.8 Å². The summed E-state index contributed by atoms with van der Waals surface area (Å²) in [6, 6.07) is 13.0. The summed E-state index contributed by atoms with van der Waals surface area (Å²) in [6.45, 7) is 5.97. The van der Waals surface area contributed by atoms with E-state index in [1.54, 1.807) is 0 Å². The molecule has 0 fully saturated rings. The van der Waals surface area contributed by atoms with Crippen LogP contribution in [-0.2, 0) is 6.42 Å². The van der Waals surface area contributed by atoms with Crippen LogP contribution in [0.1, 0.15) is 17.5 Å². The zero-order chi connectivity index (χ0) is 10.7. The van der Waals surface area contributed by atoms with Gasteiger partial charge in [-0.05, 0) is 41.7 Å². The first-order valence-corrected chi connectivity index (χ1v) is 5.41. The first-order chi connectivity index (χ1) is 7.33. The summed E-state index contributed by atoms with van der Waals surface area (Å²) in [5, 5.41) is 2.72. The third-order valence-electron chi connectivity index (χ3n) is 2.87. The number of rotatable bonds is 3. The Labute approximate surface area is 91.2 Å². The lowest BCUT2D eigenvalue weighted by Gasteiger charge is -2.09. The minimum absolute atomic E-state index is 1.05. The molecule has 0 nitrogen and oxygen atoms in total. The number of aryl methyl sites for hydroxylation is 2. The van der Waals surface area contributed by atoms with Gasteiger partial charge in [0.15, 0.2) is 0 Å². The molecule has 0 aliphatic carbocycles. The summed E-state index contributed by atoms with van der Waals surface area (Å²) >= 11 is 0. The van der Waals surface area contributed by atoms with Crippen LogP contribution in [0.25, 0.3) is 10.8 Å². The highest BCUT2D eigenvalue weighted by Gasteiger charge is 2.02. The lowest BCUT2D eigenvalue weighted by Crippen LogP contribution is -1.90. The molecule has 76 valence electrons. The fourth-order valence-corrected chi connectivity index (χ4v) is 2.02. The average Bonchev–Trinajstić information content (AvgIpc) is 2.28. The molecule has 0 aromatic heterocycles. The highest BCUT2D eigenvalue weighted by molar-refractivity contribution is 5.86. The highest BCUT2D eigenvalue weighted by Crippen LogP contribution is 2.23. The molecule has 0 amide bonds. The van der Waals surface area contributed by atoms with Crippen LogP contribution >= 0.6 is 0 Å². The van der Waals surface area contributed by atoms with E-state index in [9.17, 15) is 0 Å². The molecule has 2 aromatic carbocycles. The van der Waals surface area contributed by atoms with Crippen molar-refractivity contribution in [1.82, 2.24) is 0 Å². The molecule has 0 aliphatic rings. The Hall–Kier alpha value is -1.56. The quantitative estimate of drug-likeness (QED) is 0.643. The molecular formula is C15H16. The molecule has 0 heteroatoms. The molecule has 0 saturated heterocycles. The van der Waals surface area contributed by atoms with Crippen molar-refractivity contribution in [1.29, 1.82) is 0 Å². The zero-order valence-corrected chi connectivity index (χ0v) is 9.16. The molecule has 0 bridgehead atoms. The third-order valence-corrected chi connectivity index (χ3v) is 2.87. The number of hydrogen-bond donors (Lipinski definition) is 0. The first kappa shape index (κ1) is 9.97. The van der Waals surface area contributed by atoms with Crippen LogP contribution in [0.15, 0.2) is 49.1 Å². The van der Waals surface area contributed by atoms with Crippen LogP contribution < -0.4 is 0 Å². The van der Waals surface area contributed by atoms with Gasteiger partial charge in [0, 0.05) is 0 Å². The van der Waals surface area contributed by atoms with Crippen molar-refractivity contribution in [3.8, 4) is 0 Å². The van der Waals surface area contributed by atoms with E-state index in [1.807, 2.05) is 6.08 Å². The second-order valence-electron chi connectivity index (χ2n) is 3.91. The summed E-state index contributed by atoms with van der Waals surface area (Å²) in [5.41, 5.74) is 2.85. The minimum atomic E-state index is 1.05. The number of benzene rings is 2. The monoisotopic (exact) mass is 196 g/mol. The van der Waals surface area contributed by atoms with Gasteiger partial charge in [-0.25, -0.2) is 0 Å². The Kier molecular flexibility index (Phi) is 2.86. The molecule has 0 N–H and O–H groups in total. The molecule has 0 spiro atoms. The maximum absolute atomic E-state index is 3.79. The number of fused-ring (bicyclic) bond motifs is 1. The van der Waals surface area contributed by atoms with Crippen LogP contribution in [-0.4, -0.2) is 0 Å². The van der Waals surface area contributed by atoms with E-state index in [-0.39, 0.29) is 0 Å². The average molecular weight is 196 g/mol. The van der Waals surface area contributed by atoms with E-state index >= 15 is 0 Å². The third kappa shape index (κ3) is 1.94. The molecule has 2 rings (SSSR count). The molecular weight excluding hydrogens is 180 g/mol. The normalized spacial score (nSPS) is 10.5. The Balaban J connectivity index is 2.57. The first-order valence-electron chi connectivity index (χ1n) is 5.41. The molecule has 0 heterocycles. The summed E-state index contributed by atoms with van der Waals surface area (Å²) in [4.78, 5) is 0. The van der Waals surface area contributed by atoms with E-state index in [2.05, 4.69) is 49.9 Å². The van der Waals surface area contributed by atoms with Crippen LogP contribution in [0.2, 0.25) is 0 Å². The van der Waals surface area contributed by atoms with Crippen molar-refractivity contribution in [2.24, 2.45) is 0 Å². The SMILES string of the molecule is C=CCCc1c(C)ccc2ccccc12. The van der Waals surface area contributed by atoms with Crippen LogP contribution in [0.4, 0.5) is 0 Å². The van der Waals surface area contributed by atoms with Crippen LogP contribution in [0.3, 0.4) is 0 Å². The van der Waals surface area contributed by atoms with Gasteiger partial charge in [0.2, 0.25) is 0 Å². The van der Waals surface area contributed by atoms with E-state index in [0.29, 0.717) is 0 Å². The molecule has 0 saturated carbocycles. The van der Waals surface area contributed by atoms with Gasteiger partial charge in [-0.2, -0.15) is 0 Å². The predicted octanol–water partition coefficient (Wildman–Crippen LogP) is 4.27. The second-order valence-corrected chi connectivity index (χ2v) is 3.91. The van der Waals surface area contributed by atoms with E-state index in [0.717, 1.165) is 12.8 Å². The maximum Gasteiger partial charge on any atom is -0.0149 e. The van der Waals surface area contributed by atoms with Crippen LogP contribution in [0.5, 0.6) is 0 Å². The van der Waals surface area contributed by atoms with Gasteiger partial charge in [-0.1, -0.05) is 42.5 Å². The van der Waals surface area contributed by atoms with Gasteiger partial charge in [-0.3, -0.25) is 0 Å². The van der Waals surface area contributed by atoms with Gasteiger partial charge in [0.25, 0.3) is 0 Å². The summed E-state index contributed by atoms with van der Waals surface area (Å²) in [7, 11) is 0. The fourth-order valence-electron chi connectivity index (χ4n) is 2.02. The molecule has 15 heavy (non-hydrogen) atoms. The maximum atomic E-state index is 3.79. The largest absolute Gasteiger partial charge is 0.103 e. The van der Waals surface area contributed by atoms with Gasteiger partial charge in [-0.15, -0.1) is 6.58 Å². The summed E-state index contributed by atoms with van der Waals surface area (Å²) in [5.74, 6) is 0. The van der Waals surface area contributed by atoms with Gasteiger partial charge >= 0.3 is 0 Å². The number of allylic oxidation sites excluding steroid dienone is 1. The Bertz CT molecular complexity index is 480. The molecule has 0 radical (unpaired) electrons. The Morgan fingerprint density at radius 2 is 1.93 bits per heavy atom. The van der Waals surface area contributed by atoms with Gasteiger partial charge < -0.3 is 0 Å². The summed E-state index contributed by atoms with van der Waals surface area (Å²) in [6.07, 6.45) is 4.13. The number of hydrogen-bond acceptors (Lipinski definition) is 0. The molecule has 0 aliphatic heterocycles. The molecule has 0 unspecified atom stereocenters. The van der Waals surface area contributed by atoms with E-state index in [4.69, 9.17) is 0 Å². The lowest BCUT2D eigenvalue weighted by atomic mass is 9.96. The van der Waals surface area contributed by atoms with Gasteiger partial charge in [0.1, 0.15) is 0 Å². The van der Waals surface area contributed by atoms with Gasteiger partial charge in [0.05, 0.1) is 0 Å². The fraction of sp³-hybridized carbons (Fsp3) is 0.200. The Morgan fingerprint density at radius 3 is 2.73 bits per heavy atom. The topological polar surface area (TPSA) is 0 Å². The molecule has 0 atom stereocenters. The Morgan fingerprint density at radius 1 is 1.13 bits per heavy atom. The minimum Gasteiger partial charge on any atom is -0.103 e. The smallest absolute Gasteiger partial charge is 0.0149 e. The van der Waals surface area contributed by atoms with Crippen LogP contribution in [0, 0.1) is 6.92 Å². The second kappa shape index (κ2) is 4.31. The van der Waals surface area contributed by atoms with Crippen molar-refractivity contribution < 1.29 is 0 Å². The standard InChI is InChI=1S/C15H16/c1-3-4-8-14-12(2)10-11-13-7-5-6-9-15(13)14/h3,5-7,9-11H,1,4,8H2,2H3. The summed E-state index contributed by atoms with van der Waals surface area (Å²) < 4.78 is 0. The predicted molar refractivity (Wildman–Crippen MR) is 67.2 cm³/mol. The molecule has 2 aromatic rings. The highest BCUT2D eigenvalue weighted by atomic mass is 14.1. The van der Waals surface area contributed by atoms with E-state index in [1.165, 1.54) is 21.9 Å². The van der Waals surface area contributed by atoms with Crippen molar-refractivity contribution in [2.75, 3.05) is 0 Å². The van der Waals surface area contributed by atoms with Crippen molar-refractivity contribution in [3.63, 3.8) is 0 Å². The van der Waals surface area contributed by atoms with E-state index < -0.39 is 0 Å². The van der Waals surface area contributed by atoms with Crippen molar-refractivity contribution in [3.05, 3.63) is 60.2 Å². The van der Waals surface area contributed by atoms with Crippen molar-refractivity contribution in [2.45, 2.75) is 19.8 Å². The lowest BCUT2D eigenvalue weighted by molar-refractivity contribution is 1.00. The zero-order valence-electron chi connectivity index (χ0n) is 9.16.